The summed E-state index contributed by atoms with van der Waals surface area (Å²) in [5.41, 5.74) is 0.972. The summed E-state index contributed by atoms with van der Waals surface area (Å²) in [7, 11) is 0. The van der Waals surface area contributed by atoms with E-state index in [1.807, 2.05) is 48.7 Å². The maximum Gasteiger partial charge on any atom is 0.220 e. The van der Waals surface area contributed by atoms with Crippen molar-refractivity contribution in [3.63, 3.8) is 0 Å². The highest BCUT2D eigenvalue weighted by atomic mass is 16.3. The fourth-order valence-electron chi connectivity index (χ4n) is 2.41. The van der Waals surface area contributed by atoms with Gasteiger partial charge < -0.3 is 10.4 Å². The van der Waals surface area contributed by atoms with Crippen LogP contribution in [0.2, 0.25) is 0 Å². The smallest absolute Gasteiger partial charge is 0.220 e. The molecule has 1 aromatic heterocycles. The molecule has 23 heavy (non-hydrogen) atoms. The number of carbonyl (C=O) groups excluding carboxylic acids is 1. The number of benzene rings is 1. The molecule has 1 unspecified atom stereocenters. The van der Waals surface area contributed by atoms with Gasteiger partial charge in [0.2, 0.25) is 5.91 Å². The minimum atomic E-state index is -0.494. The molecule has 0 aliphatic rings. The molecule has 0 spiro atoms. The fourth-order valence-corrected chi connectivity index (χ4v) is 2.41. The predicted molar refractivity (Wildman–Crippen MR) is 88.2 cm³/mol. The zero-order chi connectivity index (χ0) is 16.7. The normalized spacial score (nSPS) is 12.3. The molecular weight excluding hydrogens is 292 g/mol. The van der Waals surface area contributed by atoms with Crippen LogP contribution < -0.4 is 5.32 Å². The van der Waals surface area contributed by atoms with Crippen molar-refractivity contribution >= 4 is 5.91 Å². The highest BCUT2D eigenvalue weighted by Gasteiger charge is 2.11. The molecular formula is C17H24N4O2. The van der Waals surface area contributed by atoms with Gasteiger partial charge in [0, 0.05) is 25.1 Å². The van der Waals surface area contributed by atoms with Crippen LogP contribution in [0.3, 0.4) is 0 Å². The van der Waals surface area contributed by atoms with Gasteiger partial charge in [-0.1, -0.05) is 32.0 Å². The van der Waals surface area contributed by atoms with E-state index in [1.165, 1.54) is 0 Å². The van der Waals surface area contributed by atoms with E-state index in [4.69, 9.17) is 0 Å². The summed E-state index contributed by atoms with van der Waals surface area (Å²) in [6.07, 6.45) is 2.66. The van der Waals surface area contributed by atoms with Crippen LogP contribution in [0, 0.1) is 5.92 Å². The number of carbonyl (C=O) groups is 1. The van der Waals surface area contributed by atoms with Gasteiger partial charge in [-0.2, -0.15) is 0 Å². The van der Waals surface area contributed by atoms with Gasteiger partial charge in [0.05, 0.1) is 6.10 Å². The largest absolute Gasteiger partial charge is 0.391 e. The number of amides is 1. The monoisotopic (exact) mass is 316 g/mol. The minimum absolute atomic E-state index is 0.0876. The van der Waals surface area contributed by atoms with Crippen molar-refractivity contribution in [2.45, 2.75) is 39.2 Å². The molecule has 1 heterocycles. The zero-order valence-electron chi connectivity index (χ0n) is 13.6. The lowest BCUT2D eigenvalue weighted by Crippen LogP contribution is -2.33. The number of aromatic nitrogens is 3. The van der Waals surface area contributed by atoms with Crippen LogP contribution >= 0.6 is 0 Å². The topological polar surface area (TPSA) is 80.0 Å². The average molecular weight is 316 g/mol. The first-order chi connectivity index (χ1) is 11.1. The van der Waals surface area contributed by atoms with Crippen LogP contribution in [0.5, 0.6) is 0 Å². The third kappa shape index (κ3) is 5.49. The predicted octanol–water partition coefficient (Wildman–Crippen LogP) is 1.72. The van der Waals surface area contributed by atoms with Crippen molar-refractivity contribution in [3.8, 4) is 5.69 Å². The van der Waals surface area contributed by atoms with Gasteiger partial charge in [0.1, 0.15) is 12.2 Å². The van der Waals surface area contributed by atoms with Crippen molar-refractivity contribution in [2.24, 2.45) is 5.92 Å². The average Bonchev–Trinajstić information content (AvgIpc) is 2.99. The number of aliphatic hydroxyl groups is 1. The number of aliphatic hydroxyl groups excluding tert-OH is 1. The van der Waals surface area contributed by atoms with Crippen LogP contribution in [-0.4, -0.2) is 38.4 Å². The Kier molecular flexibility index (Phi) is 6.29. The van der Waals surface area contributed by atoms with Crippen LogP contribution in [0.4, 0.5) is 0 Å². The highest BCUT2D eigenvalue weighted by Crippen LogP contribution is 2.10. The molecule has 0 radical (unpaired) electrons. The zero-order valence-corrected chi connectivity index (χ0v) is 13.6. The summed E-state index contributed by atoms with van der Waals surface area (Å²) in [4.78, 5) is 11.9. The summed E-state index contributed by atoms with van der Waals surface area (Å²) < 4.78 is 1.88. The van der Waals surface area contributed by atoms with E-state index in [9.17, 15) is 9.90 Å². The quantitative estimate of drug-likeness (QED) is 0.777. The van der Waals surface area contributed by atoms with Crippen molar-refractivity contribution in [2.75, 3.05) is 6.54 Å². The molecule has 6 heteroatoms. The molecule has 0 saturated carbocycles. The maximum atomic E-state index is 11.9. The first-order valence-electron chi connectivity index (χ1n) is 7.95. The molecule has 0 bridgehead atoms. The molecule has 0 fully saturated rings. The Hall–Kier alpha value is -2.21. The van der Waals surface area contributed by atoms with Crippen LogP contribution in [0.1, 0.15) is 32.5 Å². The molecule has 1 amide bonds. The Balaban J connectivity index is 1.83. The maximum absolute atomic E-state index is 11.9. The van der Waals surface area contributed by atoms with E-state index in [-0.39, 0.29) is 5.91 Å². The van der Waals surface area contributed by atoms with Gasteiger partial charge in [-0.05, 0) is 24.5 Å². The number of para-hydroxylation sites is 1. The van der Waals surface area contributed by atoms with Gasteiger partial charge in [-0.15, -0.1) is 10.2 Å². The summed E-state index contributed by atoms with van der Waals surface area (Å²) in [6.45, 7) is 4.38. The third-order valence-electron chi connectivity index (χ3n) is 3.51. The first-order valence-corrected chi connectivity index (χ1v) is 7.95. The number of nitrogens with zero attached hydrogens (tertiary/aromatic N) is 3. The number of aryl methyl sites for hydroxylation is 1. The van der Waals surface area contributed by atoms with Crippen molar-refractivity contribution in [3.05, 3.63) is 42.5 Å². The van der Waals surface area contributed by atoms with E-state index >= 15 is 0 Å². The van der Waals surface area contributed by atoms with Crippen molar-refractivity contribution in [1.29, 1.82) is 0 Å². The summed E-state index contributed by atoms with van der Waals surface area (Å²) in [5.74, 6) is 1.07. The lowest BCUT2D eigenvalue weighted by atomic mass is 10.1. The summed E-state index contributed by atoms with van der Waals surface area (Å²) >= 11 is 0. The Morgan fingerprint density at radius 1 is 1.30 bits per heavy atom. The van der Waals surface area contributed by atoms with Crippen molar-refractivity contribution in [1.82, 2.24) is 20.1 Å². The van der Waals surface area contributed by atoms with E-state index in [2.05, 4.69) is 15.5 Å². The van der Waals surface area contributed by atoms with E-state index < -0.39 is 6.10 Å². The Morgan fingerprint density at radius 3 is 2.74 bits per heavy atom. The lowest BCUT2D eigenvalue weighted by Gasteiger charge is -2.13. The summed E-state index contributed by atoms with van der Waals surface area (Å²) in [6, 6.07) is 9.78. The molecule has 0 saturated heterocycles. The van der Waals surface area contributed by atoms with Crippen LogP contribution in [0.25, 0.3) is 5.69 Å². The van der Waals surface area contributed by atoms with Gasteiger partial charge in [0.15, 0.2) is 0 Å². The number of nitrogens with one attached hydrogen (secondary N) is 1. The Labute approximate surface area is 136 Å². The standard InChI is InChI=1S/C17H24N4O2/c1-13(2)10-15(22)11-18-17(23)9-8-16-20-19-12-21(16)14-6-4-3-5-7-14/h3-7,12-13,15,22H,8-11H2,1-2H3,(H,18,23). The highest BCUT2D eigenvalue weighted by molar-refractivity contribution is 5.76. The molecule has 1 aromatic carbocycles. The van der Waals surface area contributed by atoms with Gasteiger partial charge in [-0.25, -0.2) is 0 Å². The Bertz CT molecular complexity index is 610. The summed E-state index contributed by atoms with van der Waals surface area (Å²) in [5, 5.41) is 20.5. The molecule has 2 N–H and O–H groups in total. The second kappa shape index (κ2) is 8.43. The minimum Gasteiger partial charge on any atom is -0.391 e. The van der Waals surface area contributed by atoms with Crippen molar-refractivity contribution < 1.29 is 9.90 Å². The van der Waals surface area contributed by atoms with Gasteiger partial charge in [0.25, 0.3) is 0 Å². The molecule has 124 valence electrons. The SMILES string of the molecule is CC(C)CC(O)CNC(=O)CCc1nncn1-c1ccccc1. The molecule has 0 aliphatic heterocycles. The van der Waals surface area contributed by atoms with E-state index in [0.717, 1.165) is 11.5 Å². The number of hydrogen-bond donors (Lipinski definition) is 2. The lowest BCUT2D eigenvalue weighted by molar-refractivity contribution is -0.121. The first kappa shape index (κ1) is 17.1. The second-order valence-corrected chi connectivity index (χ2v) is 6.04. The van der Waals surface area contributed by atoms with Crippen LogP contribution in [-0.2, 0) is 11.2 Å². The van der Waals surface area contributed by atoms with E-state index in [0.29, 0.717) is 31.7 Å². The molecule has 0 aliphatic carbocycles. The molecule has 2 aromatic rings. The van der Waals surface area contributed by atoms with Gasteiger partial charge >= 0.3 is 0 Å². The molecule has 2 rings (SSSR count). The molecule has 6 nitrogen and oxygen atoms in total. The van der Waals surface area contributed by atoms with Gasteiger partial charge in [-0.3, -0.25) is 9.36 Å². The second-order valence-electron chi connectivity index (χ2n) is 6.04. The number of hydrogen-bond acceptors (Lipinski definition) is 4. The Morgan fingerprint density at radius 2 is 2.04 bits per heavy atom. The number of rotatable bonds is 8. The third-order valence-corrected chi connectivity index (χ3v) is 3.51. The molecule has 1 atom stereocenters. The fraction of sp³-hybridized carbons (Fsp3) is 0.471. The van der Waals surface area contributed by atoms with E-state index in [1.54, 1.807) is 6.33 Å². The van der Waals surface area contributed by atoms with Crippen LogP contribution in [0.15, 0.2) is 36.7 Å².